The molecule has 0 radical (unpaired) electrons. The fraction of sp³-hybridized carbons (Fsp3) is 0.529. The normalized spacial score (nSPS) is 12.3. The van der Waals surface area contributed by atoms with Crippen LogP contribution in [0.5, 0.6) is 0 Å². The van der Waals surface area contributed by atoms with Crippen LogP contribution in [0.15, 0.2) is 24.3 Å². The van der Waals surface area contributed by atoms with Crippen LogP contribution in [0.3, 0.4) is 0 Å². The number of amides is 1. The van der Waals surface area contributed by atoms with E-state index in [0.29, 0.717) is 12.1 Å². The Hall–Kier alpha value is -2.06. The SMILES string of the molecule is CC(CCNCc1ccccc1C#N)NC(=O)OC(C)(C)C. The summed E-state index contributed by atoms with van der Waals surface area (Å²) >= 11 is 0. The van der Waals surface area contributed by atoms with Gasteiger partial charge in [0.2, 0.25) is 0 Å². The van der Waals surface area contributed by atoms with Crippen molar-refractivity contribution in [2.24, 2.45) is 0 Å². The third-order valence-corrected chi connectivity index (χ3v) is 2.97. The molecular formula is C17H25N3O2. The van der Waals surface area contributed by atoms with E-state index < -0.39 is 11.7 Å². The van der Waals surface area contributed by atoms with Gasteiger partial charge in [-0.05, 0) is 52.3 Å². The number of nitrogens with zero attached hydrogens (tertiary/aromatic N) is 1. The summed E-state index contributed by atoms with van der Waals surface area (Å²) in [5.74, 6) is 0. The van der Waals surface area contributed by atoms with E-state index in [-0.39, 0.29) is 6.04 Å². The highest BCUT2D eigenvalue weighted by Crippen LogP contribution is 2.08. The molecule has 22 heavy (non-hydrogen) atoms. The molecule has 1 aromatic carbocycles. The van der Waals surface area contributed by atoms with Gasteiger partial charge in [0.15, 0.2) is 0 Å². The minimum Gasteiger partial charge on any atom is -0.444 e. The monoisotopic (exact) mass is 303 g/mol. The zero-order valence-electron chi connectivity index (χ0n) is 13.8. The summed E-state index contributed by atoms with van der Waals surface area (Å²) in [4.78, 5) is 11.6. The molecule has 0 aromatic heterocycles. The number of nitriles is 1. The van der Waals surface area contributed by atoms with Crippen LogP contribution in [-0.2, 0) is 11.3 Å². The summed E-state index contributed by atoms with van der Waals surface area (Å²) in [6.45, 7) is 8.84. The molecule has 1 aromatic rings. The second-order valence-electron chi connectivity index (χ2n) is 6.28. The fourth-order valence-corrected chi connectivity index (χ4v) is 1.91. The van der Waals surface area contributed by atoms with Crippen molar-refractivity contribution >= 4 is 6.09 Å². The highest BCUT2D eigenvalue weighted by Gasteiger charge is 2.17. The Kier molecular flexibility index (Phi) is 6.87. The van der Waals surface area contributed by atoms with Gasteiger partial charge in [0.05, 0.1) is 11.6 Å². The van der Waals surface area contributed by atoms with Crippen LogP contribution in [0.1, 0.15) is 45.2 Å². The molecular weight excluding hydrogens is 278 g/mol. The molecule has 1 rings (SSSR count). The molecule has 0 saturated heterocycles. The first-order chi connectivity index (χ1) is 10.3. The van der Waals surface area contributed by atoms with Crippen LogP contribution in [-0.4, -0.2) is 24.3 Å². The number of nitrogens with one attached hydrogen (secondary N) is 2. The summed E-state index contributed by atoms with van der Waals surface area (Å²) < 4.78 is 5.21. The number of ether oxygens (including phenoxy) is 1. The lowest BCUT2D eigenvalue weighted by molar-refractivity contribution is 0.0506. The molecule has 0 bridgehead atoms. The molecule has 1 amide bonds. The Bertz CT molecular complexity index is 529. The third-order valence-electron chi connectivity index (χ3n) is 2.97. The predicted octanol–water partition coefficient (Wildman–Crippen LogP) is 2.95. The van der Waals surface area contributed by atoms with Crippen LogP contribution in [0.2, 0.25) is 0 Å². The highest BCUT2D eigenvalue weighted by atomic mass is 16.6. The van der Waals surface area contributed by atoms with E-state index in [2.05, 4.69) is 16.7 Å². The maximum Gasteiger partial charge on any atom is 0.407 e. The first-order valence-corrected chi connectivity index (χ1v) is 7.50. The maximum absolute atomic E-state index is 11.6. The van der Waals surface area contributed by atoms with Gasteiger partial charge >= 0.3 is 6.09 Å². The molecule has 0 aliphatic heterocycles. The Morgan fingerprint density at radius 3 is 2.68 bits per heavy atom. The predicted molar refractivity (Wildman–Crippen MR) is 86.3 cm³/mol. The molecule has 2 N–H and O–H groups in total. The number of alkyl carbamates (subject to hydrolysis) is 1. The van der Waals surface area contributed by atoms with Crippen LogP contribution >= 0.6 is 0 Å². The van der Waals surface area contributed by atoms with Crippen LogP contribution in [0.25, 0.3) is 0 Å². The number of hydrogen-bond acceptors (Lipinski definition) is 4. The van der Waals surface area contributed by atoms with Gasteiger partial charge < -0.3 is 15.4 Å². The number of hydrogen-bond donors (Lipinski definition) is 2. The average Bonchev–Trinajstić information content (AvgIpc) is 2.41. The Morgan fingerprint density at radius 2 is 2.05 bits per heavy atom. The quantitative estimate of drug-likeness (QED) is 0.792. The van der Waals surface area contributed by atoms with Gasteiger partial charge in [0.25, 0.3) is 0 Å². The fourth-order valence-electron chi connectivity index (χ4n) is 1.91. The summed E-state index contributed by atoms with van der Waals surface area (Å²) in [7, 11) is 0. The second-order valence-corrected chi connectivity index (χ2v) is 6.28. The van der Waals surface area contributed by atoms with Crippen molar-refractivity contribution in [2.75, 3.05) is 6.54 Å². The first-order valence-electron chi connectivity index (χ1n) is 7.50. The zero-order valence-corrected chi connectivity index (χ0v) is 13.8. The number of rotatable bonds is 6. The lowest BCUT2D eigenvalue weighted by Crippen LogP contribution is -2.38. The van der Waals surface area contributed by atoms with Crippen molar-refractivity contribution in [3.63, 3.8) is 0 Å². The van der Waals surface area contributed by atoms with Crippen LogP contribution in [0.4, 0.5) is 4.79 Å². The van der Waals surface area contributed by atoms with Gasteiger partial charge in [-0.15, -0.1) is 0 Å². The Morgan fingerprint density at radius 1 is 1.36 bits per heavy atom. The Balaban J connectivity index is 2.27. The van der Waals surface area contributed by atoms with Gasteiger partial charge in [-0.3, -0.25) is 0 Å². The molecule has 0 heterocycles. The summed E-state index contributed by atoms with van der Waals surface area (Å²) in [5.41, 5.74) is 1.19. The molecule has 1 atom stereocenters. The molecule has 0 aliphatic carbocycles. The Labute approximate surface area is 132 Å². The van der Waals surface area contributed by atoms with E-state index in [1.54, 1.807) is 0 Å². The largest absolute Gasteiger partial charge is 0.444 e. The van der Waals surface area contributed by atoms with Gasteiger partial charge in [0, 0.05) is 12.6 Å². The highest BCUT2D eigenvalue weighted by molar-refractivity contribution is 5.67. The van der Waals surface area contributed by atoms with Crippen molar-refractivity contribution in [1.29, 1.82) is 5.26 Å². The van der Waals surface area contributed by atoms with Crippen molar-refractivity contribution in [2.45, 2.75) is 52.3 Å². The lowest BCUT2D eigenvalue weighted by atomic mass is 10.1. The van der Waals surface area contributed by atoms with Gasteiger partial charge in [0.1, 0.15) is 5.60 Å². The van der Waals surface area contributed by atoms with E-state index in [9.17, 15) is 4.79 Å². The van der Waals surface area contributed by atoms with Crippen molar-refractivity contribution in [3.05, 3.63) is 35.4 Å². The molecule has 5 heteroatoms. The standard InChI is InChI=1S/C17H25N3O2/c1-13(20-16(21)22-17(2,3)4)9-10-19-12-15-8-6-5-7-14(15)11-18/h5-8,13,19H,9-10,12H2,1-4H3,(H,20,21). The molecule has 0 fully saturated rings. The van der Waals surface area contributed by atoms with Gasteiger partial charge in [-0.2, -0.15) is 5.26 Å². The zero-order chi connectivity index (χ0) is 16.6. The van der Waals surface area contributed by atoms with E-state index in [4.69, 9.17) is 10.00 Å². The molecule has 0 spiro atoms. The minimum absolute atomic E-state index is 0.0218. The smallest absolute Gasteiger partial charge is 0.407 e. The summed E-state index contributed by atoms with van der Waals surface area (Å²) in [5, 5.41) is 15.1. The number of benzene rings is 1. The molecule has 120 valence electrons. The lowest BCUT2D eigenvalue weighted by Gasteiger charge is -2.22. The average molecular weight is 303 g/mol. The number of carbonyl (C=O) groups is 1. The first kappa shape index (κ1) is 18.0. The van der Waals surface area contributed by atoms with Gasteiger partial charge in [-0.1, -0.05) is 18.2 Å². The minimum atomic E-state index is -0.483. The number of carbonyl (C=O) groups excluding carboxylic acids is 1. The molecule has 1 unspecified atom stereocenters. The van der Waals surface area contributed by atoms with Crippen molar-refractivity contribution in [3.8, 4) is 6.07 Å². The van der Waals surface area contributed by atoms with E-state index in [1.165, 1.54) is 0 Å². The second kappa shape index (κ2) is 8.40. The third kappa shape index (κ3) is 7.09. The molecule has 5 nitrogen and oxygen atoms in total. The topological polar surface area (TPSA) is 74.2 Å². The van der Waals surface area contributed by atoms with E-state index in [1.807, 2.05) is 52.0 Å². The summed E-state index contributed by atoms with van der Waals surface area (Å²) in [6.07, 6.45) is 0.392. The summed E-state index contributed by atoms with van der Waals surface area (Å²) in [6, 6.07) is 9.73. The van der Waals surface area contributed by atoms with Crippen molar-refractivity contribution in [1.82, 2.24) is 10.6 Å². The molecule has 0 aliphatic rings. The van der Waals surface area contributed by atoms with E-state index >= 15 is 0 Å². The van der Waals surface area contributed by atoms with Crippen molar-refractivity contribution < 1.29 is 9.53 Å². The molecule has 0 saturated carbocycles. The van der Waals surface area contributed by atoms with E-state index in [0.717, 1.165) is 18.5 Å². The van der Waals surface area contributed by atoms with Crippen LogP contribution in [0, 0.1) is 11.3 Å². The van der Waals surface area contributed by atoms with Crippen LogP contribution < -0.4 is 10.6 Å². The van der Waals surface area contributed by atoms with Gasteiger partial charge in [-0.25, -0.2) is 4.79 Å². The maximum atomic E-state index is 11.6.